The Balaban J connectivity index is 2.05. The average Bonchev–Trinajstić information content (AvgIpc) is 2.67. The van der Waals surface area contributed by atoms with E-state index in [1.54, 1.807) is 29.7 Å². The number of hydrogen-bond donors (Lipinski definition) is 2. The first kappa shape index (κ1) is 20.6. The molecule has 1 aromatic rings. The fraction of sp³-hybridized carbons (Fsp3) is 0.500. The molecule has 1 fully saturated rings. The zero-order valence-electron chi connectivity index (χ0n) is 14.9. The van der Waals surface area contributed by atoms with Crippen molar-refractivity contribution < 1.29 is 23.2 Å². The summed E-state index contributed by atoms with van der Waals surface area (Å²) in [5, 5.41) is 8.61. The number of carbonyl (C=O) groups is 1. The molecule has 1 aromatic carbocycles. The molecule has 0 aromatic heterocycles. The van der Waals surface area contributed by atoms with Gasteiger partial charge in [0.25, 0.3) is 0 Å². The lowest BCUT2D eigenvalue weighted by molar-refractivity contribution is -0.129. The topological polar surface area (TPSA) is 95.9 Å². The normalized spacial score (nSPS) is 16.8. The van der Waals surface area contributed by atoms with Crippen molar-refractivity contribution in [2.75, 3.05) is 19.7 Å². The monoisotopic (exact) mass is 382 g/mol. The molecule has 144 valence electrons. The minimum Gasteiger partial charge on any atom is -0.374 e. The van der Waals surface area contributed by atoms with Gasteiger partial charge in [-0.1, -0.05) is 30.4 Å². The van der Waals surface area contributed by atoms with E-state index in [2.05, 4.69) is 0 Å². The Hall–Kier alpha value is -1.74. The number of piperidine rings is 1. The molecule has 1 saturated heterocycles. The number of hydroxylamine groups is 1. The van der Waals surface area contributed by atoms with E-state index >= 15 is 0 Å². The Morgan fingerprint density at radius 3 is 2.69 bits per heavy atom. The zero-order chi connectivity index (χ0) is 19.0. The quantitative estimate of drug-likeness (QED) is 0.406. The highest BCUT2D eigenvalue weighted by molar-refractivity contribution is 7.89. The van der Waals surface area contributed by atoms with Gasteiger partial charge in [0.05, 0.1) is 17.6 Å². The average molecular weight is 382 g/mol. The van der Waals surface area contributed by atoms with Gasteiger partial charge >= 0.3 is 0 Å². The first-order chi connectivity index (χ1) is 12.5. The lowest BCUT2D eigenvalue weighted by atomic mass is 10.1. The molecule has 0 aliphatic carbocycles. The number of carbonyl (C=O) groups excluding carboxylic acids is 1. The molecule has 26 heavy (non-hydrogen) atoms. The third-order valence-corrected chi connectivity index (χ3v) is 6.40. The molecule has 7 nitrogen and oxygen atoms in total. The van der Waals surface area contributed by atoms with Crippen molar-refractivity contribution in [1.29, 1.82) is 0 Å². The van der Waals surface area contributed by atoms with Crippen LogP contribution in [-0.4, -0.2) is 49.6 Å². The third-order valence-electron chi connectivity index (χ3n) is 4.40. The van der Waals surface area contributed by atoms with Gasteiger partial charge in [-0.25, -0.2) is 13.9 Å². The predicted molar refractivity (Wildman–Crippen MR) is 97.2 cm³/mol. The highest BCUT2D eigenvalue weighted by Gasteiger charge is 2.31. The van der Waals surface area contributed by atoms with Gasteiger partial charge in [0.15, 0.2) is 0 Å². The highest BCUT2D eigenvalue weighted by Crippen LogP contribution is 2.25. The van der Waals surface area contributed by atoms with Crippen molar-refractivity contribution in [2.45, 2.75) is 43.6 Å². The second-order valence-corrected chi connectivity index (χ2v) is 8.05. The molecule has 0 saturated carbocycles. The van der Waals surface area contributed by atoms with E-state index in [1.165, 1.54) is 4.31 Å². The number of amides is 1. The Labute approximate surface area is 154 Å². The van der Waals surface area contributed by atoms with Crippen LogP contribution < -0.4 is 5.48 Å². The summed E-state index contributed by atoms with van der Waals surface area (Å²) in [5.74, 6) is -0.545. The number of nitrogens with one attached hydrogen (secondary N) is 1. The van der Waals surface area contributed by atoms with Crippen molar-refractivity contribution in [1.82, 2.24) is 9.79 Å². The first-order valence-electron chi connectivity index (χ1n) is 8.72. The maximum Gasteiger partial charge on any atom is 0.243 e. The van der Waals surface area contributed by atoms with E-state index in [4.69, 9.17) is 9.94 Å². The van der Waals surface area contributed by atoms with Crippen molar-refractivity contribution >= 4 is 15.9 Å². The van der Waals surface area contributed by atoms with E-state index < -0.39 is 15.9 Å². The van der Waals surface area contributed by atoms with E-state index in [-0.39, 0.29) is 23.8 Å². The lowest BCUT2D eigenvalue weighted by Gasteiger charge is -2.31. The third kappa shape index (κ3) is 5.38. The molecule has 0 bridgehead atoms. The van der Waals surface area contributed by atoms with Crippen LogP contribution in [0.4, 0.5) is 0 Å². The highest BCUT2D eigenvalue weighted by atomic mass is 32.2. The van der Waals surface area contributed by atoms with Gasteiger partial charge in [0.2, 0.25) is 15.9 Å². The molecule has 0 unspecified atom stereocenters. The summed E-state index contributed by atoms with van der Waals surface area (Å²) >= 11 is 0. The lowest BCUT2D eigenvalue weighted by Crippen LogP contribution is -2.41. The number of hydrogen-bond acceptors (Lipinski definition) is 5. The van der Waals surface area contributed by atoms with Crippen LogP contribution in [0, 0.1) is 0 Å². The zero-order valence-corrected chi connectivity index (χ0v) is 15.7. The maximum absolute atomic E-state index is 13.0. The van der Waals surface area contributed by atoms with Crippen molar-refractivity contribution in [2.24, 2.45) is 0 Å². The minimum atomic E-state index is -3.63. The number of sulfonamides is 1. The Morgan fingerprint density at radius 1 is 1.35 bits per heavy atom. The summed E-state index contributed by atoms with van der Waals surface area (Å²) in [6.45, 7) is 3.30. The smallest absolute Gasteiger partial charge is 0.243 e. The summed E-state index contributed by atoms with van der Waals surface area (Å²) in [6.07, 6.45) is 5.50. The molecule has 1 aliphatic heterocycles. The van der Waals surface area contributed by atoms with Crippen LogP contribution in [0.15, 0.2) is 41.3 Å². The molecule has 2 rings (SSSR count). The summed E-state index contributed by atoms with van der Waals surface area (Å²) in [7, 11) is -3.63. The van der Waals surface area contributed by atoms with Crippen LogP contribution in [0.3, 0.4) is 0 Å². The molecule has 8 heteroatoms. The summed E-state index contributed by atoms with van der Waals surface area (Å²) in [6, 6.07) is 6.68. The van der Waals surface area contributed by atoms with Gasteiger partial charge in [0, 0.05) is 19.5 Å². The largest absolute Gasteiger partial charge is 0.374 e. The van der Waals surface area contributed by atoms with Gasteiger partial charge in [-0.05, 0) is 37.8 Å². The van der Waals surface area contributed by atoms with E-state index in [0.29, 0.717) is 38.1 Å². The van der Waals surface area contributed by atoms with Gasteiger partial charge in [-0.15, -0.1) is 0 Å². The molecular weight excluding hydrogens is 356 g/mol. The van der Waals surface area contributed by atoms with E-state index in [0.717, 1.165) is 0 Å². The van der Waals surface area contributed by atoms with Crippen molar-refractivity contribution in [3.8, 4) is 0 Å². The van der Waals surface area contributed by atoms with E-state index in [1.807, 2.05) is 19.1 Å². The fourth-order valence-electron chi connectivity index (χ4n) is 2.93. The molecule has 1 amide bonds. The second-order valence-electron chi connectivity index (χ2n) is 6.15. The number of benzene rings is 1. The van der Waals surface area contributed by atoms with Crippen molar-refractivity contribution in [3.63, 3.8) is 0 Å². The van der Waals surface area contributed by atoms with E-state index in [9.17, 15) is 13.2 Å². The molecule has 1 heterocycles. The van der Waals surface area contributed by atoms with Gasteiger partial charge in [0.1, 0.15) is 0 Å². The summed E-state index contributed by atoms with van der Waals surface area (Å²) < 4.78 is 33.2. The standard InChI is InChI=1S/C18H26N2O5S/c1-2-3-14-25-16-10-12-20(13-11-16)26(23,24)17-7-5-4-6-15(17)8-9-18(21)19-22/h2-7,16,22H,8-14H2,1H3,(H,19,21). The molecule has 0 spiro atoms. The van der Waals surface area contributed by atoms with Gasteiger partial charge in [-0.2, -0.15) is 4.31 Å². The Kier molecular flexibility index (Phi) is 7.77. The van der Waals surface area contributed by atoms with Crippen LogP contribution in [0.1, 0.15) is 31.7 Å². The number of ether oxygens (including phenoxy) is 1. The van der Waals surface area contributed by atoms with Crippen LogP contribution in [0.5, 0.6) is 0 Å². The number of allylic oxidation sites excluding steroid dienone is 1. The molecule has 1 aliphatic rings. The van der Waals surface area contributed by atoms with Crippen LogP contribution >= 0.6 is 0 Å². The minimum absolute atomic E-state index is 0.0178. The maximum atomic E-state index is 13.0. The van der Waals surface area contributed by atoms with Crippen LogP contribution in [-0.2, 0) is 26.0 Å². The number of rotatable bonds is 8. The Bertz CT molecular complexity index is 725. The molecule has 2 N–H and O–H groups in total. The van der Waals surface area contributed by atoms with Gasteiger partial charge in [-0.3, -0.25) is 10.0 Å². The molecule has 0 radical (unpaired) electrons. The second kappa shape index (κ2) is 9.82. The van der Waals surface area contributed by atoms with Crippen LogP contribution in [0.25, 0.3) is 0 Å². The predicted octanol–water partition coefficient (Wildman–Crippen LogP) is 1.87. The van der Waals surface area contributed by atoms with Crippen molar-refractivity contribution in [3.05, 3.63) is 42.0 Å². The van der Waals surface area contributed by atoms with Crippen LogP contribution in [0.2, 0.25) is 0 Å². The Morgan fingerprint density at radius 2 is 2.04 bits per heavy atom. The molecular formula is C18H26N2O5S. The summed E-state index contributed by atoms with van der Waals surface area (Å²) in [5.41, 5.74) is 2.14. The SMILES string of the molecule is CC=CCOC1CCN(S(=O)(=O)c2ccccc2CCC(=O)NO)CC1. The number of aryl methyl sites for hydroxylation is 1. The van der Waals surface area contributed by atoms with Gasteiger partial charge < -0.3 is 4.74 Å². The summed E-state index contributed by atoms with van der Waals surface area (Å²) in [4.78, 5) is 11.5. The number of nitrogens with zero attached hydrogens (tertiary/aromatic N) is 1. The first-order valence-corrected chi connectivity index (χ1v) is 10.2. The molecule has 0 atom stereocenters. The fourth-order valence-corrected chi connectivity index (χ4v) is 4.65.